The molecule has 0 unspecified atom stereocenters. The molecule has 0 atom stereocenters. The molecule has 1 aromatic carbocycles. The molecule has 0 spiro atoms. The molecule has 0 aliphatic heterocycles. The summed E-state index contributed by atoms with van der Waals surface area (Å²) in [6, 6.07) is 4.66. The SMILES string of the molecule is CCCCCC1CCC(C(=O)Oc2ccc(OC(F)(F)C(F)F)cc2)CC1. The minimum absolute atomic E-state index is 0.161. The van der Waals surface area contributed by atoms with Crippen LogP contribution in [-0.4, -0.2) is 18.5 Å². The molecule has 0 N–H and O–H groups in total. The molecule has 3 nitrogen and oxygen atoms in total. The number of rotatable bonds is 9. The molecule has 0 amide bonds. The zero-order chi connectivity index (χ0) is 19.9. The molecule has 152 valence electrons. The number of carbonyl (C=O) groups is 1. The number of esters is 1. The zero-order valence-corrected chi connectivity index (χ0v) is 15.4. The highest BCUT2D eigenvalue weighted by Crippen LogP contribution is 2.33. The van der Waals surface area contributed by atoms with Gasteiger partial charge in [0.1, 0.15) is 11.5 Å². The van der Waals surface area contributed by atoms with Gasteiger partial charge in [-0.3, -0.25) is 4.79 Å². The number of ether oxygens (including phenoxy) is 2. The monoisotopic (exact) mass is 390 g/mol. The average Bonchev–Trinajstić information content (AvgIpc) is 2.64. The van der Waals surface area contributed by atoms with E-state index in [9.17, 15) is 22.4 Å². The Bertz CT molecular complexity index is 581. The van der Waals surface area contributed by atoms with Gasteiger partial charge in [-0.05, 0) is 55.9 Å². The van der Waals surface area contributed by atoms with E-state index >= 15 is 0 Å². The molecule has 1 aliphatic rings. The Balaban J connectivity index is 1.79. The molecule has 1 aromatic rings. The Labute approximate surface area is 157 Å². The van der Waals surface area contributed by atoms with E-state index in [0.717, 1.165) is 37.8 Å². The standard InChI is InChI=1S/C20H26F4O3/c1-2-3-4-5-14-6-8-15(9-7-14)18(25)26-16-10-12-17(13-11-16)27-20(23,24)19(21)22/h10-15,19H,2-9H2,1H3. The van der Waals surface area contributed by atoms with Gasteiger partial charge in [0.15, 0.2) is 0 Å². The molecule has 27 heavy (non-hydrogen) atoms. The Hall–Kier alpha value is -1.79. The second-order valence-electron chi connectivity index (χ2n) is 7.07. The van der Waals surface area contributed by atoms with Crippen molar-refractivity contribution in [2.45, 2.75) is 70.8 Å². The molecule has 1 fully saturated rings. The quantitative estimate of drug-likeness (QED) is 0.217. The second-order valence-corrected chi connectivity index (χ2v) is 7.07. The van der Waals surface area contributed by atoms with Gasteiger partial charge in [-0.2, -0.15) is 17.6 Å². The molecule has 0 heterocycles. The highest BCUT2D eigenvalue weighted by Gasteiger charge is 2.43. The largest absolute Gasteiger partial charge is 0.461 e. The van der Waals surface area contributed by atoms with Crippen LogP contribution in [0.2, 0.25) is 0 Å². The minimum atomic E-state index is -4.56. The Morgan fingerprint density at radius 1 is 1.07 bits per heavy atom. The number of unbranched alkanes of at least 4 members (excludes halogenated alkanes) is 2. The number of carbonyl (C=O) groups excluding carboxylic acids is 1. The smallest absolute Gasteiger partial charge is 0.428 e. The maximum Gasteiger partial charge on any atom is 0.461 e. The van der Waals surface area contributed by atoms with Crippen LogP contribution < -0.4 is 9.47 Å². The molecule has 0 radical (unpaired) electrons. The third-order valence-electron chi connectivity index (χ3n) is 4.95. The van der Waals surface area contributed by atoms with E-state index in [4.69, 9.17) is 4.74 Å². The number of alkyl halides is 4. The summed E-state index contributed by atoms with van der Waals surface area (Å²) in [5, 5.41) is 0. The van der Waals surface area contributed by atoms with Crippen LogP contribution in [0.15, 0.2) is 24.3 Å². The lowest BCUT2D eigenvalue weighted by Crippen LogP contribution is -2.33. The summed E-state index contributed by atoms with van der Waals surface area (Å²) in [6.07, 6.45) is -0.000772. The molecule has 0 aromatic heterocycles. The highest BCUT2D eigenvalue weighted by molar-refractivity contribution is 5.75. The van der Waals surface area contributed by atoms with E-state index in [1.54, 1.807) is 0 Å². The first-order valence-corrected chi connectivity index (χ1v) is 9.48. The van der Waals surface area contributed by atoms with Crippen molar-refractivity contribution >= 4 is 5.97 Å². The summed E-state index contributed by atoms with van der Waals surface area (Å²) in [5.41, 5.74) is 0. The fourth-order valence-electron chi connectivity index (χ4n) is 3.35. The third-order valence-corrected chi connectivity index (χ3v) is 4.95. The first kappa shape index (κ1) is 21.5. The topological polar surface area (TPSA) is 35.5 Å². The van der Waals surface area contributed by atoms with Crippen molar-refractivity contribution in [3.8, 4) is 11.5 Å². The van der Waals surface area contributed by atoms with Gasteiger partial charge in [-0.25, -0.2) is 0 Å². The van der Waals surface area contributed by atoms with Gasteiger partial charge in [0, 0.05) is 0 Å². The fourth-order valence-corrected chi connectivity index (χ4v) is 3.35. The van der Waals surface area contributed by atoms with Crippen LogP contribution in [-0.2, 0) is 4.79 Å². The summed E-state index contributed by atoms with van der Waals surface area (Å²) >= 11 is 0. The van der Waals surface area contributed by atoms with Gasteiger partial charge >= 0.3 is 18.5 Å². The first-order chi connectivity index (χ1) is 12.8. The molecule has 1 saturated carbocycles. The van der Waals surface area contributed by atoms with Crippen LogP contribution in [0.25, 0.3) is 0 Å². The molecule has 2 rings (SSSR count). The minimum Gasteiger partial charge on any atom is -0.428 e. The van der Waals surface area contributed by atoms with Gasteiger partial charge in [0.2, 0.25) is 0 Å². The molecule has 1 aliphatic carbocycles. The Morgan fingerprint density at radius 2 is 1.67 bits per heavy atom. The molecule has 0 saturated heterocycles. The van der Waals surface area contributed by atoms with E-state index in [0.29, 0.717) is 5.92 Å². The van der Waals surface area contributed by atoms with E-state index in [2.05, 4.69) is 11.7 Å². The third kappa shape index (κ3) is 6.70. The van der Waals surface area contributed by atoms with E-state index in [1.165, 1.54) is 37.8 Å². The average molecular weight is 390 g/mol. The summed E-state index contributed by atoms with van der Waals surface area (Å²) in [4.78, 5) is 12.3. The number of hydrogen-bond acceptors (Lipinski definition) is 3. The lowest BCUT2D eigenvalue weighted by Gasteiger charge is -2.27. The maximum atomic E-state index is 12.9. The lowest BCUT2D eigenvalue weighted by molar-refractivity contribution is -0.253. The van der Waals surface area contributed by atoms with Crippen LogP contribution >= 0.6 is 0 Å². The number of hydrogen-bond donors (Lipinski definition) is 0. The van der Waals surface area contributed by atoms with E-state index in [-0.39, 0.29) is 17.6 Å². The molecule has 0 bridgehead atoms. The summed E-state index contributed by atoms with van der Waals surface area (Å²) < 4.78 is 59.2. The maximum absolute atomic E-state index is 12.9. The lowest BCUT2D eigenvalue weighted by atomic mass is 9.80. The van der Waals surface area contributed by atoms with Gasteiger partial charge < -0.3 is 9.47 Å². The summed E-state index contributed by atoms with van der Waals surface area (Å²) in [6.45, 7) is 2.18. The van der Waals surface area contributed by atoms with Crippen molar-refractivity contribution in [3.05, 3.63) is 24.3 Å². The first-order valence-electron chi connectivity index (χ1n) is 9.48. The fraction of sp³-hybridized carbons (Fsp3) is 0.650. The predicted molar refractivity (Wildman–Crippen MR) is 93.2 cm³/mol. The molecule has 7 heteroatoms. The van der Waals surface area contributed by atoms with Gasteiger partial charge in [-0.15, -0.1) is 0 Å². The zero-order valence-electron chi connectivity index (χ0n) is 15.4. The van der Waals surface area contributed by atoms with Gasteiger partial charge in [-0.1, -0.05) is 32.6 Å². The van der Waals surface area contributed by atoms with E-state index < -0.39 is 18.3 Å². The second kappa shape index (κ2) is 9.95. The van der Waals surface area contributed by atoms with Crippen molar-refractivity contribution < 1.29 is 31.8 Å². The summed E-state index contributed by atoms with van der Waals surface area (Å²) in [5.74, 6) is -0.0703. The van der Waals surface area contributed by atoms with E-state index in [1.807, 2.05) is 0 Å². The van der Waals surface area contributed by atoms with Crippen LogP contribution in [0.4, 0.5) is 17.6 Å². The summed E-state index contributed by atoms with van der Waals surface area (Å²) in [7, 11) is 0. The number of halogens is 4. The highest BCUT2D eigenvalue weighted by atomic mass is 19.3. The van der Waals surface area contributed by atoms with Crippen molar-refractivity contribution in [3.63, 3.8) is 0 Å². The van der Waals surface area contributed by atoms with Crippen LogP contribution in [0, 0.1) is 11.8 Å². The Kier molecular flexibility index (Phi) is 7.92. The molecular weight excluding hydrogens is 364 g/mol. The van der Waals surface area contributed by atoms with Crippen molar-refractivity contribution in [1.29, 1.82) is 0 Å². The molecular formula is C20H26F4O3. The van der Waals surface area contributed by atoms with Crippen molar-refractivity contribution in [2.75, 3.05) is 0 Å². The van der Waals surface area contributed by atoms with Gasteiger partial charge in [0.25, 0.3) is 0 Å². The van der Waals surface area contributed by atoms with Crippen LogP contribution in [0.1, 0.15) is 58.3 Å². The number of benzene rings is 1. The van der Waals surface area contributed by atoms with Gasteiger partial charge in [0.05, 0.1) is 5.92 Å². The Morgan fingerprint density at radius 3 is 2.22 bits per heavy atom. The van der Waals surface area contributed by atoms with Crippen molar-refractivity contribution in [1.82, 2.24) is 0 Å². The van der Waals surface area contributed by atoms with Crippen LogP contribution in [0.5, 0.6) is 11.5 Å². The van der Waals surface area contributed by atoms with Crippen LogP contribution in [0.3, 0.4) is 0 Å². The normalized spacial score (nSPS) is 20.5. The van der Waals surface area contributed by atoms with Crippen molar-refractivity contribution in [2.24, 2.45) is 11.8 Å². The predicted octanol–water partition coefficient (Wildman–Crippen LogP) is 6.22.